The number of nitrogens with zero attached hydrogens (tertiary/aromatic N) is 5. The van der Waals surface area contributed by atoms with Gasteiger partial charge in [-0.15, -0.1) is 0 Å². The molecule has 3 aliphatic heterocycles. The molecule has 13 heteroatoms. The summed E-state index contributed by atoms with van der Waals surface area (Å²) in [6.07, 6.45) is -2.49. The molecule has 10 nitrogen and oxygen atoms in total. The molecular weight excluding hydrogens is 467 g/mol. The van der Waals surface area contributed by atoms with Crippen LogP contribution in [-0.2, 0) is 4.74 Å². The van der Waals surface area contributed by atoms with Gasteiger partial charge >= 0.3 is 12.3 Å². The van der Waals surface area contributed by atoms with Crippen molar-refractivity contribution in [3.8, 4) is 0 Å². The summed E-state index contributed by atoms with van der Waals surface area (Å²) in [5, 5.41) is 5.21. The maximum atomic E-state index is 12.9. The molecule has 35 heavy (non-hydrogen) atoms. The minimum Gasteiger partial charge on any atom is -0.447 e. The molecule has 0 unspecified atom stereocenters. The number of amides is 2. The van der Waals surface area contributed by atoms with Crippen molar-refractivity contribution in [2.75, 3.05) is 52.9 Å². The lowest BCUT2D eigenvalue weighted by Crippen LogP contribution is -2.46. The van der Waals surface area contributed by atoms with Gasteiger partial charge in [-0.1, -0.05) is 0 Å². The molecule has 2 aromatic rings. The molecule has 2 atom stereocenters. The molecule has 2 N–H and O–H groups in total. The molecule has 2 fully saturated rings. The Morgan fingerprint density at radius 2 is 2.11 bits per heavy atom. The lowest BCUT2D eigenvalue weighted by molar-refractivity contribution is -0.149. The average molecular weight is 491 g/mol. The van der Waals surface area contributed by atoms with Crippen molar-refractivity contribution in [1.82, 2.24) is 15.3 Å². The lowest BCUT2D eigenvalue weighted by Gasteiger charge is -2.37. The number of halogens is 3. The standard InChI is InChI=1S/C22H24F3N7O3/c1-13(22(23,24)25)28-20(33)16-2-3-17-19(29-16)32(15-5-7-30(17)11-15)12-27-18-10-14(4-6-26-18)31-8-9-35-21(31)34/h2-4,6,10,13,15H,5,7-9,11-12H2,1H3,(H,26,27)(H,28,33)/t13-,15+/m1/s1. The van der Waals surface area contributed by atoms with E-state index in [9.17, 15) is 22.8 Å². The molecule has 2 saturated heterocycles. The van der Waals surface area contributed by atoms with E-state index in [0.717, 1.165) is 32.1 Å². The predicted octanol–water partition coefficient (Wildman–Crippen LogP) is 2.58. The fourth-order valence-corrected chi connectivity index (χ4v) is 4.45. The van der Waals surface area contributed by atoms with Crippen LogP contribution in [0.2, 0.25) is 0 Å². The van der Waals surface area contributed by atoms with Gasteiger partial charge in [-0.3, -0.25) is 9.69 Å². The molecule has 0 spiro atoms. The SMILES string of the molecule is C[C@@H](NC(=O)c1ccc2c(n1)N(CNc1cc(N3CCOC3=O)ccn1)[C@H]1CCN2C1)C(F)(F)F. The quantitative estimate of drug-likeness (QED) is 0.636. The van der Waals surface area contributed by atoms with Crippen LogP contribution in [0.1, 0.15) is 23.8 Å². The Hall–Kier alpha value is -3.77. The summed E-state index contributed by atoms with van der Waals surface area (Å²) in [4.78, 5) is 38.8. The number of pyridine rings is 2. The molecule has 2 amide bonds. The molecule has 0 aromatic carbocycles. The first kappa shape index (κ1) is 23.0. The van der Waals surface area contributed by atoms with Crippen LogP contribution in [0.15, 0.2) is 30.5 Å². The third kappa shape index (κ3) is 4.49. The second-order valence-corrected chi connectivity index (χ2v) is 8.63. The van der Waals surface area contributed by atoms with Gasteiger partial charge in [0.05, 0.1) is 30.6 Å². The van der Waals surface area contributed by atoms with Crippen molar-refractivity contribution in [1.29, 1.82) is 0 Å². The molecular formula is C22H24F3N7O3. The minimum absolute atomic E-state index is 0.0833. The number of carbonyl (C=O) groups is 2. The first-order valence-electron chi connectivity index (χ1n) is 11.2. The maximum absolute atomic E-state index is 12.9. The third-order valence-electron chi connectivity index (χ3n) is 6.39. The number of alkyl halides is 3. The Bertz CT molecular complexity index is 1150. The Morgan fingerprint density at radius 3 is 2.86 bits per heavy atom. The van der Waals surface area contributed by atoms with E-state index in [0.29, 0.717) is 37.1 Å². The summed E-state index contributed by atoms with van der Waals surface area (Å²) in [5.41, 5.74) is 1.40. The third-order valence-corrected chi connectivity index (χ3v) is 6.39. The zero-order valence-electron chi connectivity index (χ0n) is 18.9. The van der Waals surface area contributed by atoms with Crippen LogP contribution in [0.3, 0.4) is 0 Å². The van der Waals surface area contributed by atoms with E-state index >= 15 is 0 Å². The molecule has 2 aromatic heterocycles. The van der Waals surface area contributed by atoms with Crippen molar-refractivity contribution in [3.05, 3.63) is 36.2 Å². The monoisotopic (exact) mass is 491 g/mol. The zero-order valence-corrected chi connectivity index (χ0v) is 18.9. The molecule has 2 bridgehead atoms. The zero-order chi connectivity index (χ0) is 24.7. The van der Waals surface area contributed by atoms with Gasteiger partial charge in [0, 0.05) is 25.4 Å². The second-order valence-electron chi connectivity index (χ2n) is 8.63. The van der Waals surface area contributed by atoms with E-state index in [1.165, 1.54) is 11.0 Å². The van der Waals surface area contributed by atoms with Crippen LogP contribution in [-0.4, -0.2) is 73.1 Å². The maximum Gasteiger partial charge on any atom is 0.414 e. The first-order valence-corrected chi connectivity index (χ1v) is 11.2. The molecule has 0 radical (unpaired) electrons. The van der Waals surface area contributed by atoms with Gasteiger partial charge in [-0.2, -0.15) is 13.2 Å². The van der Waals surface area contributed by atoms with Crippen molar-refractivity contribution < 1.29 is 27.5 Å². The van der Waals surface area contributed by atoms with Crippen molar-refractivity contribution in [3.63, 3.8) is 0 Å². The highest BCUT2D eigenvalue weighted by Crippen LogP contribution is 2.38. The predicted molar refractivity (Wildman–Crippen MR) is 122 cm³/mol. The Labute approximate surface area is 199 Å². The Balaban J connectivity index is 1.35. The summed E-state index contributed by atoms with van der Waals surface area (Å²) in [6.45, 7) is 3.58. The van der Waals surface area contributed by atoms with E-state index in [2.05, 4.69) is 20.2 Å². The van der Waals surface area contributed by atoms with Crippen molar-refractivity contribution in [2.45, 2.75) is 31.6 Å². The number of anilines is 4. The Kier molecular flexibility index (Phi) is 5.77. The van der Waals surface area contributed by atoms with Crippen LogP contribution >= 0.6 is 0 Å². The summed E-state index contributed by atoms with van der Waals surface area (Å²) in [7, 11) is 0. The molecule has 5 rings (SSSR count). The lowest BCUT2D eigenvalue weighted by atomic mass is 10.1. The highest BCUT2D eigenvalue weighted by Gasteiger charge is 2.39. The number of carbonyl (C=O) groups excluding carboxylic acids is 2. The van der Waals surface area contributed by atoms with Crippen LogP contribution in [0.4, 0.5) is 41.0 Å². The van der Waals surface area contributed by atoms with Gasteiger partial charge < -0.3 is 25.2 Å². The number of ether oxygens (including phenoxy) is 1. The van der Waals surface area contributed by atoms with E-state index in [1.807, 2.05) is 10.2 Å². The van der Waals surface area contributed by atoms with Crippen molar-refractivity contribution in [2.24, 2.45) is 0 Å². The number of aromatic nitrogens is 2. The van der Waals surface area contributed by atoms with Crippen molar-refractivity contribution >= 4 is 35.0 Å². The van der Waals surface area contributed by atoms with Gasteiger partial charge in [0.25, 0.3) is 5.91 Å². The van der Waals surface area contributed by atoms with E-state index in [-0.39, 0.29) is 11.7 Å². The molecule has 0 aliphatic carbocycles. The fourth-order valence-electron chi connectivity index (χ4n) is 4.45. The number of fused-ring (bicyclic) bond motifs is 4. The summed E-state index contributed by atoms with van der Waals surface area (Å²) in [6, 6.07) is 4.76. The molecule has 3 aliphatic rings. The van der Waals surface area contributed by atoms with Gasteiger partial charge in [-0.25, -0.2) is 14.8 Å². The number of cyclic esters (lactones) is 1. The van der Waals surface area contributed by atoms with Gasteiger partial charge in [0.2, 0.25) is 0 Å². The highest BCUT2D eigenvalue weighted by molar-refractivity contribution is 5.94. The summed E-state index contributed by atoms with van der Waals surface area (Å²) >= 11 is 0. The smallest absolute Gasteiger partial charge is 0.414 e. The van der Waals surface area contributed by atoms with Gasteiger partial charge in [0.1, 0.15) is 24.2 Å². The summed E-state index contributed by atoms with van der Waals surface area (Å²) in [5.74, 6) is 0.181. The van der Waals surface area contributed by atoms with Crippen LogP contribution in [0.25, 0.3) is 0 Å². The number of hydrogen-bond acceptors (Lipinski definition) is 8. The van der Waals surface area contributed by atoms with E-state index < -0.39 is 24.2 Å². The topological polar surface area (TPSA) is 103 Å². The number of hydrogen-bond donors (Lipinski definition) is 2. The number of rotatable bonds is 6. The minimum atomic E-state index is -4.54. The van der Waals surface area contributed by atoms with Crippen LogP contribution in [0.5, 0.6) is 0 Å². The molecule has 0 saturated carbocycles. The van der Waals surface area contributed by atoms with Gasteiger partial charge in [-0.05, 0) is 31.5 Å². The first-order chi connectivity index (χ1) is 16.7. The largest absolute Gasteiger partial charge is 0.447 e. The van der Waals surface area contributed by atoms with Crippen LogP contribution in [0, 0.1) is 0 Å². The summed E-state index contributed by atoms with van der Waals surface area (Å²) < 4.78 is 43.7. The molecule has 186 valence electrons. The number of nitrogens with one attached hydrogen (secondary N) is 2. The average Bonchev–Trinajstić information content (AvgIpc) is 3.45. The fraction of sp³-hybridized carbons (Fsp3) is 0.455. The van der Waals surface area contributed by atoms with Crippen LogP contribution < -0.4 is 25.3 Å². The highest BCUT2D eigenvalue weighted by atomic mass is 19.4. The van der Waals surface area contributed by atoms with E-state index in [1.54, 1.807) is 24.4 Å². The van der Waals surface area contributed by atoms with E-state index in [4.69, 9.17) is 4.74 Å². The molecule has 5 heterocycles. The van der Waals surface area contributed by atoms with Gasteiger partial charge in [0.15, 0.2) is 5.82 Å². The second kappa shape index (κ2) is 8.78. The Morgan fingerprint density at radius 1 is 1.29 bits per heavy atom. The normalized spacial score (nSPS) is 19.9.